The Balaban J connectivity index is 1.90. The van der Waals surface area contributed by atoms with Crippen molar-refractivity contribution in [3.05, 3.63) is 53.0 Å². The Kier molecular flexibility index (Phi) is 5.61. The molecule has 6 nitrogen and oxygen atoms in total. The number of rotatable bonds is 5. The number of allylic oxidation sites excluding steroid dienone is 1. The molecule has 28 heavy (non-hydrogen) atoms. The SMILES string of the molecule is CC(=N)/C(C)=C1/c2ncnc(N(C)Cc3ccc(C(C)(C)O)cc3)c2SC1N. The Morgan fingerprint density at radius 3 is 2.46 bits per heavy atom. The van der Waals surface area contributed by atoms with Crippen LogP contribution in [0.1, 0.15) is 44.5 Å². The zero-order valence-corrected chi connectivity index (χ0v) is 17.8. The molecule has 1 aliphatic rings. The predicted octanol–water partition coefficient (Wildman–Crippen LogP) is 3.54. The summed E-state index contributed by atoms with van der Waals surface area (Å²) in [4.78, 5) is 12.0. The van der Waals surface area contributed by atoms with Crippen LogP contribution in [0.15, 0.2) is 41.1 Å². The average Bonchev–Trinajstić information content (AvgIpc) is 2.96. The van der Waals surface area contributed by atoms with Crippen LogP contribution < -0.4 is 10.6 Å². The second kappa shape index (κ2) is 7.66. The molecule has 0 saturated carbocycles. The van der Waals surface area contributed by atoms with Gasteiger partial charge in [-0.05, 0) is 44.4 Å². The van der Waals surface area contributed by atoms with Crippen molar-refractivity contribution in [2.24, 2.45) is 5.73 Å². The third-order valence-electron chi connectivity index (χ3n) is 4.98. The Hall–Kier alpha value is -2.22. The van der Waals surface area contributed by atoms with Crippen LogP contribution in [0, 0.1) is 5.41 Å². The van der Waals surface area contributed by atoms with Gasteiger partial charge < -0.3 is 21.1 Å². The summed E-state index contributed by atoms with van der Waals surface area (Å²) in [5.74, 6) is 0.836. The van der Waals surface area contributed by atoms with Gasteiger partial charge in [-0.1, -0.05) is 36.0 Å². The summed E-state index contributed by atoms with van der Waals surface area (Å²) in [6.45, 7) is 7.92. The first kappa shape index (κ1) is 20.5. The molecular weight excluding hydrogens is 370 g/mol. The van der Waals surface area contributed by atoms with Gasteiger partial charge in [-0.3, -0.25) is 0 Å². The van der Waals surface area contributed by atoms with Crippen molar-refractivity contribution in [3.8, 4) is 0 Å². The van der Waals surface area contributed by atoms with Gasteiger partial charge in [0.1, 0.15) is 12.1 Å². The van der Waals surface area contributed by atoms with Gasteiger partial charge in [0, 0.05) is 24.9 Å². The predicted molar refractivity (Wildman–Crippen MR) is 116 cm³/mol. The van der Waals surface area contributed by atoms with Crippen molar-refractivity contribution in [1.82, 2.24) is 9.97 Å². The second-order valence-electron chi connectivity index (χ2n) is 7.69. The van der Waals surface area contributed by atoms with Crippen LogP contribution in [0.5, 0.6) is 0 Å². The van der Waals surface area contributed by atoms with Crippen LogP contribution >= 0.6 is 11.8 Å². The Morgan fingerprint density at radius 1 is 1.25 bits per heavy atom. The highest BCUT2D eigenvalue weighted by molar-refractivity contribution is 8.01. The van der Waals surface area contributed by atoms with E-state index in [1.54, 1.807) is 27.1 Å². The maximum Gasteiger partial charge on any atom is 0.146 e. The third-order valence-corrected chi connectivity index (χ3v) is 6.08. The summed E-state index contributed by atoms with van der Waals surface area (Å²) >= 11 is 1.54. The lowest BCUT2D eigenvalue weighted by molar-refractivity contribution is 0.0786. The molecule has 0 bridgehead atoms. The van der Waals surface area contributed by atoms with E-state index in [1.165, 1.54) is 11.8 Å². The minimum atomic E-state index is -0.849. The van der Waals surface area contributed by atoms with Gasteiger partial charge in [0.15, 0.2) is 0 Å². The molecular formula is C21H27N5OS. The number of nitrogens with zero attached hydrogens (tertiary/aromatic N) is 3. The first-order valence-corrected chi connectivity index (χ1v) is 10.0. The summed E-state index contributed by atoms with van der Waals surface area (Å²) in [7, 11) is 2.00. The fraction of sp³-hybridized carbons (Fsp3) is 0.381. The maximum absolute atomic E-state index is 10.1. The molecule has 1 atom stereocenters. The average molecular weight is 398 g/mol. The summed E-state index contributed by atoms with van der Waals surface area (Å²) in [6, 6.07) is 7.96. The van der Waals surface area contributed by atoms with Crippen molar-refractivity contribution < 1.29 is 5.11 Å². The number of nitrogens with one attached hydrogen (secondary N) is 1. The monoisotopic (exact) mass is 397 g/mol. The fourth-order valence-corrected chi connectivity index (χ4v) is 4.47. The van der Waals surface area contributed by atoms with Gasteiger partial charge in [0.2, 0.25) is 0 Å². The van der Waals surface area contributed by atoms with Gasteiger partial charge in [0.25, 0.3) is 0 Å². The minimum absolute atomic E-state index is 0.245. The van der Waals surface area contributed by atoms with Crippen LogP contribution in [0.25, 0.3) is 5.57 Å². The lowest BCUT2D eigenvalue weighted by atomic mass is 9.97. The number of anilines is 1. The zero-order chi connectivity index (χ0) is 20.6. The van der Waals surface area contributed by atoms with E-state index < -0.39 is 5.60 Å². The molecule has 0 saturated heterocycles. The van der Waals surface area contributed by atoms with Crippen molar-refractivity contribution in [2.75, 3.05) is 11.9 Å². The van der Waals surface area contributed by atoms with E-state index in [1.807, 2.05) is 38.2 Å². The molecule has 1 unspecified atom stereocenters. The van der Waals surface area contributed by atoms with Crippen LogP contribution in [-0.4, -0.2) is 33.2 Å². The van der Waals surface area contributed by atoms with E-state index in [0.717, 1.165) is 38.7 Å². The number of aliphatic hydroxyl groups is 1. The van der Waals surface area contributed by atoms with Gasteiger partial charge >= 0.3 is 0 Å². The Morgan fingerprint density at radius 2 is 1.89 bits per heavy atom. The molecule has 7 heteroatoms. The van der Waals surface area contributed by atoms with Gasteiger partial charge in [-0.15, -0.1) is 0 Å². The van der Waals surface area contributed by atoms with Gasteiger partial charge in [-0.2, -0.15) is 0 Å². The molecule has 1 aliphatic heterocycles. The first-order valence-electron chi connectivity index (χ1n) is 9.16. The van der Waals surface area contributed by atoms with E-state index in [9.17, 15) is 5.11 Å². The van der Waals surface area contributed by atoms with Crippen LogP contribution in [0.3, 0.4) is 0 Å². The maximum atomic E-state index is 10.1. The lowest BCUT2D eigenvalue weighted by Gasteiger charge is -2.22. The standard InChI is InChI=1S/C21H27N5OS/c1-12(13(2)22)16-17-18(28-19(16)23)20(25-11-24-17)26(5)10-14-6-8-15(9-7-14)21(3,4)27/h6-9,11,19,22,27H,10,23H2,1-5H3/b16-12-,22-13?. The Labute approximate surface area is 170 Å². The summed E-state index contributed by atoms with van der Waals surface area (Å²) < 4.78 is 0. The molecule has 3 rings (SSSR count). The quantitative estimate of drug-likeness (QED) is 0.668. The summed E-state index contributed by atoms with van der Waals surface area (Å²) in [6.07, 6.45) is 1.56. The number of hydrogen-bond acceptors (Lipinski definition) is 7. The zero-order valence-electron chi connectivity index (χ0n) is 16.9. The van der Waals surface area contributed by atoms with E-state index in [4.69, 9.17) is 11.1 Å². The van der Waals surface area contributed by atoms with Crippen molar-refractivity contribution in [3.63, 3.8) is 0 Å². The number of thioether (sulfide) groups is 1. The largest absolute Gasteiger partial charge is 0.386 e. The molecule has 0 radical (unpaired) electrons. The Bertz CT molecular complexity index is 931. The highest BCUT2D eigenvalue weighted by Gasteiger charge is 2.32. The van der Waals surface area contributed by atoms with E-state index in [0.29, 0.717) is 12.3 Å². The minimum Gasteiger partial charge on any atom is -0.386 e. The molecule has 1 aromatic heterocycles. The number of aromatic nitrogens is 2. The third kappa shape index (κ3) is 3.97. The van der Waals surface area contributed by atoms with E-state index >= 15 is 0 Å². The van der Waals surface area contributed by atoms with Gasteiger partial charge in [0.05, 0.1) is 21.6 Å². The lowest BCUT2D eigenvalue weighted by Crippen LogP contribution is -2.19. The highest BCUT2D eigenvalue weighted by Crippen LogP contribution is 2.46. The van der Waals surface area contributed by atoms with Crippen LogP contribution in [0.4, 0.5) is 5.82 Å². The molecule has 2 heterocycles. The van der Waals surface area contributed by atoms with E-state index in [2.05, 4.69) is 14.9 Å². The van der Waals surface area contributed by atoms with Crippen molar-refractivity contribution in [2.45, 2.75) is 50.1 Å². The normalized spacial score (nSPS) is 18.0. The van der Waals surface area contributed by atoms with Crippen molar-refractivity contribution in [1.29, 1.82) is 5.41 Å². The van der Waals surface area contributed by atoms with Crippen LogP contribution in [0.2, 0.25) is 0 Å². The summed E-state index contributed by atoms with van der Waals surface area (Å²) in [5, 5.41) is 17.8. The van der Waals surface area contributed by atoms with Crippen molar-refractivity contribution >= 4 is 28.9 Å². The topological polar surface area (TPSA) is 99.1 Å². The highest BCUT2D eigenvalue weighted by atomic mass is 32.2. The summed E-state index contributed by atoms with van der Waals surface area (Å²) in [5.41, 5.74) is 10.6. The smallest absolute Gasteiger partial charge is 0.146 e. The number of nitrogens with two attached hydrogens (primary N) is 1. The molecule has 0 aliphatic carbocycles. The molecule has 0 spiro atoms. The van der Waals surface area contributed by atoms with Gasteiger partial charge in [-0.25, -0.2) is 9.97 Å². The molecule has 0 fully saturated rings. The number of hydrogen-bond donors (Lipinski definition) is 3. The number of benzene rings is 1. The fourth-order valence-electron chi connectivity index (χ4n) is 3.22. The first-order chi connectivity index (χ1) is 13.1. The molecule has 1 aromatic carbocycles. The second-order valence-corrected chi connectivity index (χ2v) is 8.84. The molecule has 4 N–H and O–H groups in total. The molecule has 0 amide bonds. The molecule has 2 aromatic rings. The van der Waals surface area contributed by atoms with Crippen LogP contribution in [-0.2, 0) is 12.1 Å². The van der Waals surface area contributed by atoms with E-state index in [-0.39, 0.29) is 5.37 Å². The number of fused-ring (bicyclic) bond motifs is 1. The molecule has 148 valence electrons.